The average Bonchev–Trinajstić information content (AvgIpc) is 3.21. The summed E-state index contributed by atoms with van der Waals surface area (Å²) in [6.07, 6.45) is 0. The molecule has 0 bridgehead atoms. The van der Waals surface area contributed by atoms with Gasteiger partial charge in [-0.1, -0.05) is 30.3 Å². The Morgan fingerprint density at radius 1 is 1.10 bits per heavy atom. The van der Waals surface area contributed by atoms with E-state index in [2.05, 4.69) is 5.32 Å². The molecule has 156 valence electrons. The van der Waals surface area contributed by atoms with Crippen LogP contribution in [0.25, 0.3) is 10.9 Å². The zero-order chi connectivity index (χ0) is 21.3. The first-order chi connectivity index (χ1) is 14.6. The Bertz CT molecular complexity index is 1090. The van der Waals surface area contributed by atoms with Crippen molar-refractivity contribution in [1.29, 1.82) is 0 Å². The lowest BCUT2D eigenvalue weighted by molar-refractivity contribution is -0.122. The molecule has 0 radical (unpaired) electrons. The smallest absolute Gasteiger partial charge is 0.272 e. The van der Waals surface area contributed by atoms with E-state index in [0.29, 0.717) is 18.8 Å². The number of rotatable bonds is 7. The van der Waals surface area contributed by atoms with Crippen LogP contribution in [0.2, 0.25) is 0 Å². The van der Waals surface area contributed by atoms with Crippen LogP contribution >= 0.6 is 0 Å². The van der Waals surface area contributed by atoms with Gasteiger partial charge in [0.15, 0.2) is 0 Å². The second-order valence-electron chi connectivity index (χ2n) is 7.29. The monoisotopic (exact) mass is 407 g/mol. The van der Waals surface area contributed by atoms with Gasteiger partial charge < -0.3 is 24.3 Å². The lowest BCUT2D eigenvalue weighted by Gasteiger charge is -2.26. The summed E-state index contributed by atoms with van der Waals surface area (Å²) in [6.45, 7) is 0.801. The third-order valence-electron chi connectivity index (χ3n) is 5.57. The third kappa shape index (κ3) is 3.31. The quantitative estimate of drug-likeness (QED) is 0.611. The zero-order valence-electron chi connectivity index (χ0n) is 17.3. The summed E-state index contributed by atoms with van der Waals surface area (Å²) >= 11 is 0. The van der Waals surface area contributed by atoms with Gasteiger partial charge in [0.05, 0.1) is 19.8 Å². The zero-order valence-corrected chi connectivity index (χ0v) is 17.3. The first-order valence-electron chi connectivity index (χ1n) is 9.84. The van der Waals surface area contributed by atoms with Crippen molar-refractivity contribution in [1.82, 2.24) is 14.8 Å². The molecule has 7 heteroatoms. The fourth-order valence-electron chi connectivity index (χ4n) is 4.17. The molecule has 0 saturated carbocycles. The first-order valence-corrected chi connectivity index (χ1v) is 9.84. The van der Waals surface area contributed by atoms with Crippen molar-refractivity contribution in [3.63, 3.8) is 0 Å². The molecule has 0 aliphatic carbocycles. The van der Waals surface area contributed by atoms with Crippen LogP contribution in [0.15, 0.2) is 48.5 Å². The van der Waals surface area contributed by atoms with Crippen molar-refractivity contribution in [3.8, 4) is 5.75 Å². The SMILES string of the molecule is COCCNC(=O)CN1C(=O)c2c(c3ccccc3n2C)[C@@H]1c1ccc(OC)cc1. The van der Waals surface area contributed by atoms with E-state index in [4.69, 9.17) is 9.47 Å². The van der Waals surface area contributed by atoms with Crippen molar-refractivity contribution >= 4 is 22.7 Å². The summed E-state index contributed by atoms with van der Waals surface area (Å²) in [6, 6.07) is 15.3. The predicted molar refractivity (Wildman–Crippen MR) is 114 cm³/mol. The molecule has 2 aromatic carbocycles. The number of aromatic nitrogens is 1. The van der Waals surface area contributed by atoms with Gasteiger partial charge in [-0.05, 0) is 23.8 Å². The highest BCUT2D eigenvalue weighted by molar-refractivity contribution is 6.07. The largest absolute Gasteiger partial charge is 0.497 e. The van der Waals surface area contributed by atoms with Crippen LogP contribution in [0.5, 0.6) is 5.75 Å². The number of ether oxygens (including phenoxy) is 2. The maximum Gasteiger partial charge on any atom is 0.272 e. The molecule has 1 atom stereocenters. The van der Waals surface area contributed by atoms with E-state index >= 15 is 0 Å². The lowest BCUT2D eigenvalue weighted by atomic mass is 9.98. The average molecular weight is 407 g/mol. The third-order valence-corrected chi connectivity index (χ3v) is 5.57. The Morgan fingerprint density at radius 3 is 2.53 bits per heavy atom. The molecule has 0 saturated heterocycles. The van der Waals surface area contributed by atoms with Gasteiger partial charge in [0.25, 0.3) is 5.91 Å². The van der Waals surface area contributed by atoms with Gasteiger partial charge in [0.2, 0.25) is 5.91 Å². The molecule has 1 aromatic heterocycles. The van der Waals surface area contributed by atoms with Crippen LogP contribution in [0.4, 0.5) is 0 Å². The van der Waals surface area contributed by atoms with Gasteiger partial charge in [-0.3, -0.25) is 9.59 Å². The number of carbonyl (C=O) groups is 2. The molecule has 1 N–H and O–H groups in total. The Hall–Kier alpha value is -3.32. The molecule has 0 unspecified atom stereocenters. The summed E-state index contributed by atoms with van der Waals surface area (Å²) in [5.74, 6) is 0.382. The molecule has 1 aliphatic heterocycles. The van der Waals surface area contributed by atoms with E-state index in [9.17, 15) is 9.59 Å². The second-order valence-corrected chi connectivity index (χ2v) is 7.29. The number of nitrogens with zero attached hydrogens (tertiary/aromatic N) is 2. The van der Waals surface area contributed by atoms with Crippen LogP contribution in [0.3, 0.4) is 0 Å². The van der Waals surface area contributed by atoms with Crippen molar-refractivity contribution < 1.29 is 19.1 Å². The van der Waals surface area contributed by atoms with Crippen LogP contribution in [0.1, 0.15) is 27.7 Å². The highest BCUT2D eigenvalue weighted by atomic mass is 16.5. The van der Waals surface area contributed by atoms with E-state index < -0.39 is 0 Å². The number of amides is 2. The molecule has 0 fully saturated rings. The highest BCUT2D eigenvalue weighted by Crippen LogP contribution is 2.43. The van der Waals surface area contributed by atoms with Crippen LogP contribution in [-0.2, 0) is 16.6 Å². The minimum absolute atomic E-state index is 0.0255. The standard InChI is InChI=1S/C23H25N3O4/c1-25-18-7-5-4-6-17(18)20-21(15-8-10-16(30-3)11-9-15)26(23(28)22(20)25)14-19(27)24-12-13-29-2/h4-11,21H,12-14H2,1-3H3,(H,24,27)/t21-/m0/s1. The molecule has 1 aliphatic rings. The normalized spacial score (nSPS) is 15.5. The van der Waals surface area contributed by atoms with Crippen LogP contribution in [0, 0.1) is 0 Å². The number of aryl methyl sites for hydroxylation is 1. The van der Waals surface area contributed by atoms with E-state index in [0.717, 1.165) is 27.8 Å². The second kappa shape index (κ2) is 8.20. The number of hydrogen-bond donors (Lipinski definition) is 1. The summed E-state index contributed by atoms with van der Waals surface area (Å²) in [7, 11) is 5.09. The van der Waals surface area contributed by atoms with Gasteiger partial charge in [-0.15, -0.1) is 0 Å². The summed E-state index contributed by atoms with van der Waals surface area (Å²) in [5, 5.41) is 3.83. The highest BCUT2D eigenvalue weighted by Gasteiger charge is 2.42. The number of methoxy groups -OCH3 is 2. The Balaban J connectivity index is 1.78. The number of carbonyl (C=O) groups excluding carboxylic acids is 2. The molecular weight excluding hydrogens is 382 g/mol. The van der Waals surface area contributed by atoms with Crippen molar-refractivity contribution in [2.75, 3.05) is 33.9 Å². The van der Waals surface area contributed by atoms with E-state index in [-0.39, 0.29) is 24.4 Å². The van der Waals surface area contributed by atoms with Gasteiger partial charge in [-0.2, -0.15) is 0 Å². The predicted octanol–water partition coefficient (Wildman–Crippen LogP) is 2.49. The van der Waals surface area contributed by atoms with Gasteiger partial charge >= 0.3 is 0 Å². The van der Waals surface area contributed by atoms with Crippen molar-refractivity contribution in [3.05, 3.63) is 65.4 Å². The van der Waals surface area contributed by atoms with Gasteiger partial charge in [0.1, 0.15) is 18.0 Å². The number of para-hydroxylation sites is 1. The fourth-order valence-corrected chi connectivity index (χ4v) is 4.17. The molecule has 3 aromatic rings. The number of fused-ring (bicyclic) bond motifs is 3. The molecule has 7 nitrogen and oxygen atoms in total. The van der Waals surface area contributed by atoms with Gasteiger partial charge in [-0.25, -0.2) is 0 Å². The summed E-state index contributed by atoms with van der Waals surface area (Å²) < 4.78 is 12.2. The minimum atomic E-state index is -0.349. The minimum Gasteiger partial charge on any atom is -0.497 e. The van der Waals surface area contributed by atoms with E-state index in [1.54, 1.807) is 19.1 Å². The van der Waals surface area contributed by atoms with Crippen molar-refractivity contribution in [2.45, 2.75) is 6.04 Å². The van der Waals surface area contributed by atoms with E-state index in [1.165, 1.54) is 0 Å². The van der Waals surface area contributed by atoms with Crippen molar-refractivity contribution in [2.24, 2.45) is 7.05 Å². The number of benzene rings is 2. The number of hydrogen-bond acceptors (Lipinski definition) is 4. The maximum absolute atomic E-state index is 13.4. The lowest BCUT2D eigenvalue weighted by Crippen LogP contribution is -2.40. The molecule has 4 rings (SSSR count). The summed E-state index contributed by atoms with van der Waals surface area (Å²) in [5.41, 5.74) is 3.50. The molecule has 2 heterocycles. The molecular formula is C23H25N3O4. The Labute approximate surface area is 175 Å². The Kier molecular flexibility index (Phi) is 5.46. The van der Waals surface area contributed by atoms with Crippen LogP contribution in [-0.4, -0.2) is 55.2 Å². The first kappa shape index (κ1) is 20.0. The molecule has 30 heavy (non-hydrogen) atoms. The number of nitrogens with one attached hydrogen (secondary N) is 1. The molecule has 0 spiro atoms. The Morgan fingerprint density at radius 2 is 1.83 bits per heavy atom. The van der Waals surface area contributed by atoms with E-state index in [1.807, 2.05) is 60.1 Å². The summed E-state index contributed by atoms with van der Waals surface area (Å²) in [4.78, 5) is 27.6. The topological polar surface area (TPSA) is 72.8 Å². The maximum atomic E-state index is 13.4. The fraction of sp³-hybridized carbons (Fsp3) is 0.304. The van der Waals surface area contributed by atoms with Gasteiger partial charge in [0, 0.05) is 37.2 Å². The molecule has 2 amide bonds. The van der Waals surface area contributed by atoms with Crippen LogP contribution < -0.4 is 10.1 Å².